The zero-order chi connectivity index (χ0) is 10.9. The molecule has 0 aromatic heterocycles. The second kappa shape index (κ2) is 8.08. The van der Waals surface area contributed by atoms with E-state index in [1.165, 1.54) is 39.0 Å². The molecule has 3 nitrogen and oxygen atoms in total. The molecule has 0 aromatic rings. The average Bonchev–Trinajstić information content (AvgIpc) is 2.27. The number of nitrogens with one attached hydrogen (secondary N) is 1. The van der Waals surface area contributed by atoms with Gasteiger partial charge >= 0.3 is 0 Å². The van der Waals surface area contributed by atoms with Gasteiger partial charge in [0.05, 0.1) is 0 Å². The molecule has 0 bridgehead atoms. The number of rotatable bonds is 7. The molecule has 0 amide bonds. The lowest BCUT2D eigenvalue weighted by Crippen LogP contribution is -2.40. The van der Waals surface area contributed by atoms with Crippen molar-refractivity contribution >= 4 is 0 Å². The summed E-state index contributed by atoms with van der Waals surface area (Å²) < 4.78 is 0. The van der Waals surface area contributed by atoms with E-state index in [-0.39, 0.29) is 0 Å². The van der Waals surface area contributed by atoms with E-state index < -0.39 is 0 Å². The Hall–Kier alpha value is -0.120. The third kappa shape index (κ3) is 5.50. The molecule has 1 aliphatic rings. The van der Waals surface area contributed by atoms with E-state index in [9.17, 15) is 0 Å². The van der Waals surface area contributed by atoms with E-state index in [2.05, 4.69) is 17.1 Å². The van der Waals surface area contributed by atoms with Gasteiger partial charge in [0.25, 0.3) is 0 Å². The van der Waals surface area contributed by atoms with Crippen LogP contribution >= 0.6 is 0 Å². The van der Waals surface area contributed by atoms with Gasteiger partial charge in [-0.15, -0.1) is 0 Å². The number of unbranched alkanes of at least 4 members (excludes halogenated alkanes) is 1. The van der Waals surface area contributed by atoms with Crippen LogP contribution in [0.25, 0.3) is 0 Å². The zero-order valence-corrected chi connectivity index (χ0v) is 10.0. The van der Waals surface area contributed by atoms with Crippen LogP contribution in [0, 0.1) is 5.92 Å². The number of aliphatic hydroxyl groups excluding tert-OH is 1. The first-order valence-corrected chi connectivity index (χ1v) is 6.40. The predicted molar refractivity (Wildman–Crippen MR) is 64.0 cm³/mol. The summed E-state index contributed by atoms with van der Waals surface area (Å²) in [5, 5.41) is 12.2. The SMILES string of the molecule is CCNCC1CCCN(CCCCO)C1. The van der Waals surface area contributed by atoms with Crippen molar-refractivity contribution in [2.24, 2.45) is 5.92 Å². The summed E-state index contributed by atoms with van der Waals surface area (Å²) in [6, 6.07) is 0. The maximum absolute atomic E-state index is 8.74. The highest BCUT2D eigenvalue weighted by molar-refractivity contribution is 4.74. The summed E-state index contributed by atoms with van der Waals surface area (Å²) in [5.74, 6) is 0.841. The molecular formula is C12H26N2O. The van der Waals surface area contributed by atoms with Crippen molar-refractivity contribution in [3.8, 4) is 0 Å². The molecule has 0 spiro atoms. The molecule has 15 heavy (non-hydrogen) atoms. The van der Waals surface area contributed by atoms with E-state index in [0.29, 0.717) is 6.61 Å². The van der Waals surface area contributed by atoms with Gasteiger partial charge in [0.2, 0.25) is 0 Å². The molecule has 90 valence electrons. The molecular weight excluding hydrogens is 188 g/mol. The Morgan fingerprint density at radius 2 is 2.27 bits per heavy atom. The van der Waals surface area contributed by atoms with Crippen molar-refractivity contribution in [1.82, 2.24) is 10.2 Å². The number of hydrogen-bond acceptors (Lipinski definition) is 3. The summed E-state index contributed by atoms with van der Waals surface area (Å²) >= 11 is 0. The van der Waals surface area contributed by atoms with Gasteiger partial charge in [0, 0.05) is 13.2 Å². The Labute approximate surface area is 93.9 Å². The zero-order valence-electron chi connectivity index (χ0n) is 10.0. The Morgan fingerprint density at radius 1 is 1.40 bits per heavy atom. The normalized spacial score (nSPS) is 23.2. The molecule has 0 saturated carbocycles. The lowest BCUT2D eigenvalue weighted by Gasteiger charge is -2.32. The highest BCUT2D eigenvalue weighted by Crippen LogP contribution is 2.15. The fourth-order valence-electron chi connectivity index (χ4n) is 2.32. The van der Waals surface area contributed by atoms with E-state index in [4.69, 9.17) is 5.11 Å². The minimum absolute atomic E-state index is 0.342. The second-order valence-electron chi connectivity index (χ2n) is 4.55. The first kappa shape index (κ1) is 12.9. The van der Waals surface area contributed by atoms with Crippen LogP contribution in [0.1, 0.15) is 32.6 Å². The van der Waals surface area contributed by atoms with Gasteiger partial charge in [-0.1, -0.05) is 6.92 Å². The topological polar surface area (TPSA) is 35.5 Å². The molecule has 1 saturated heterocycles. The summed E-state index contributed by atoms with van der Waals surface area (Å²) in [5.41, 5.74) is 0. The van der Waals surface area contributed by atoms with E-state index in [1.807, 2.05) is 0 Å². The molecule has 1 rings (SSSR count). The van der Waals surface area contributed by atoms with Crippen molar-refractivity contribution in [3.63, 3.8) is 0 Å². The molecule has 1 atom stereocenters. The molecule has 0 aromatic carbocycles. The van der Waals surface area contributed by atoms with E-state index in [0.717, 1.165) is 25.3 Å². The number of likely N-dealkylation sites (tertiary alicyclic amines) is 1. The van der Waals surface area contributed by atoms with Crippen molar-refractivity contribution in [2.75, 3.05) is 39.3 Å². The van der Waals surface area contributed by atoms with Gasteiger partial charge in [-0.3, -0.25) is 0 Å². The summed E-state index contributed by atoms with van der Waals surface area (Å²) in [6.07, 6.45) is 4.82. The van der Waals surface area contributed by atoms with Gasteiger partial charge in [0.15, 0.2) is 0 Å². The van der Waals surface area contributed by atoms with E-state index >= 15 is 0 Å². The van der Waals surface area contributed by atoms with Gasteiger partial charge in [0.1, 0.15) is 0 Å². The van der Waals surface area contributed by atoms with Gasteiger partial charge in [-0.05, 0) is 57.8 Å². The quantitative estimate of drug-likeness (QED) is 0.623. The highest BCUT2D eigenvalue weighted by atomic mass is 16.2. The number of piperidine rings is 1. The van der Waals surface area contributed by atoms with Crippen molar-refractivity contribution in [2.45, 2.75) is 32.6 Å². The van der Waals surface area contributed by atoms with Crippen molar-refractivity contribution < 1.29 is 5.11 Å². The van der Waals surface area contributed by atoms with Crippen LogP contribution in [0.5, 0.6) is 0 Å². The number of aliphatic hydroxyl groups is 1. The molecule has 3 heteroatoms. The molecule has 1 unspecified atom stereocenters. The molecule has 2 N–H and O–H groups in total. The maximum atomic E-state index is 8.74. The average molecular weight is 214 g/mol. The largest absolute Gasteiger partial charge is 0.396 e. The number of nitrogens with zero attached hydrogens (tertiary/aromatic N) is 1. The molecule has 0 aliphatic carbocycles. The Balaban J connectivity index is 2.11. The van der Waals surface area contributed by atoms with Crippen LogP contribution in [0.15, 0.2) is 0 Å². The molecule has 0 radical (unpaired) electrons. The third-order valence-corrected chi connectivity index (χ3v) is 3.17. The Bertz CT molecular complexity index is 153. The molecule has 1 heterocycles. The van der Waals surface area contributed by atoms with Crippen LogP contribution in [0.2, 0.25) is 0 Å². The Morgan fingerprint density at radius 3 is 3.00 bits per heavy atom. The first-order chi connectivity index (χ1) is 7.36. The molecule has 1 fully saturated rings. The third-order valence-electron chi connectivity index (χ3n) is 3.17. The highest BCUT2D eigenvalue weighted by Gasteiger charge is 2.18. The standard InChI is InChI=1S/C12H26N2O/c1-2-13-10-12-6-5-8-14(11-12)7-3-4-9-15/h12-13,15H,2-11H2,1H3. The summed E-state index contributed by atoms with van der Waals surface area (Å²) in [7, 11) is 0. The maximum Gasteiger partial charge on any atom is 0.0431 e. The minimum Gasteiger partial charge on any atom is -0.396 e. The summed E-state index contributed by atoms with van der Waals surface area (Å²) in [6.45, 7) is 8.44. The Kier molecular flexibility index (Phi) is 6.98. The fourth-order valence-corrected chi connectivity index (χ4v) is 2.32. The van der Waals surface area contributed by atoms with Gasteiger partial charge < -0.3 is 15.3 Å². The minimum atomic E-state index is 0.342. The van der Waals surface area contributed by atoms with Crippen molar-refractivity contribution in [1.29, 1.82) is 0 Å². The van der Waals surface area contributed by atoms with Crippen molar-refractivity contribution in [3.05, 3.63) is 0 Å². The van der Waals surface area contributed by atoms with E-state index in [1.54, 1.807) is 0 Å². The lowest BCUT2D eigenvalue weighted by molar-refractivity contribution is 0.165. The van der Waals surface area contributed by atoms with Crippen LogP contribution < -0.4 is 5.32 Å². The monoisotopic (exact) mass is 214 g/mol. The smallest absolute Gasteiger partial charge is 0.0431 e. The van der Waals surface area contributed by atoms with Crippen LogP contribution in [0.4, 0.5) is 0 Å². The van der Waals surface area contributed by atoms with Crippen LogP contribution in [-0.2, 0) is 0 Å². The summed E-state index contributed by atoms with van der Waals surface area (Å²) in [4.78, 5) is 2.56. The fraction of sp³-hybridized carbons (Fsp3) is 1.00. The molecule has 1 aliphatic heterocycles. The first-order valence-electron chi connectivity index (χ1n) is 6.40. The lowest BCUT2D eigenvalue weighted by atomic mass is 9.98. The number of hydrogen-bond donors (Lipinski definition) is 2. The van der Waals surface area contributed by atoms with Gasteiger partial charge in [-0.2, -0.15) is 0 Å². The second-order valence-corrected chi connectivity index (χ2v) is 4.55. The van der Waals surface area contributed by atoms with Crippen LogP contribution in [-0.4, -0.2) is 49.3 Å². The van der Waals surface area contributed by atoms with Gasteiger partial charge in [-0.25, -0.2) is 0 Å². The van der Waals surface area contributed by atoms with Crippen LogP contribution in [0.3, 0.4) is 0 Å². The predicted octanol–water partition coefficient (Wildman–Crippen LogP) is 1.08.